The average Bonchev–Trinajstić information content (AvgIpc) is 3.37. The van der Waals surface area contributed by atoms with Gasteiger partial charge in [0.15, 0.2) is 23.4 Å². The lowest BCUT2D eigenvalue weighted by molar-refractivity contribution is -0.150. The normalized spacial score (nSPS) is 12.2. The molecule has 5 aromatic rings. The van der Waals surface area contributed by atoms with Gasteiger partial charge < -0.3 is 18.6 Å². The number of carbonyl (C=O) groups is 1. The minimum atomic E-state index is -0.823. The molecule has 0 aliphatic heterocycles. The summed E-state index contributed by atoms with van der Waals surface area (Å²) in [5.74, 6) is 1.05. The maximum Gasteiger partial charge on any atom is 0.347 e. The van der Waals surface area contributed by atoms with Gasteiger partial charge in [0, 0.05) is 9.86 Å². The van der Waals surface area contributed by atoms with Crippen LogP contribution in [0.3, 0.4) is 0 Å². The largest absolute Gasteiger partial charge is 0.490 e. The standard InChI is InChI=1S/C30H25BrIN3O6/c1-4-38-25-13-18(12-22(32)27(25)40-17(3)30(37)39-5-2)16-33-35-28(34-23-9-7-6-8-21(23)29(35)36)26-15-19-14-20(31)10-11-24(19)41-26/h6-17H,4-5H2,1-3H3/t17-/m1/s1. The van der Waals surface area contributed by atoms with Crippen LogP contribution < -0.4 is 15.0 Å². The van der Waals surface area contributed by atoms with Gasteiger partial charge in [0.1, 0.15) is 5.58 Å². The first-order valence-electron chi connectivity index (χ1n) is 12.8. The van der Waals surface area contributed by atoms with E-state index in [0.29, 0.717) is 49.5 Å². The van der Waals surface area contributed by atoms with Crippen molar-refractivity contribution in [2.24, 2.45) is 5.10 Å². The van der Waals surface area contributed by atoms with E-state index < -0.39 is 12.1 Å². The number of ether oxygens (including phenoxy) is 3. The van der Waals surface area contributed by atoms with Crippen LogP contribution in [0.1, 0.15) is 26.3 Å². The first-order valence-corrected chi connectivity index (χ1v) is 14.7. The summed E-state index contributed by atoms with van der Waals surface area (Å²) in [5, 5.41) is 5.83. The number of furan rings is 1. The maximum atomic E-state index is 13.6. The van der Waals surface area contributed by atoms with Gasteiger partial charge in [0.25, 0.3) is 5.56 Å². The predicted octanol–water partition coefficient (Wildman–Crippen LogP) is 6.79. The Hall–Kier alpha value is -3.71. The quantitative estimate of drug-likeness (QED) is 0.0935. The summed E-state index contributed by atoms with van der Waals surface area (Å²) < 4.78 is 25.7. The number of carbonyl (C=O) groups excluding carboxylic acids is 1. The second-order valence-corrected chi connectivity index (χ2v) is 11.0. The summed E-state index contributed by atoms with van der Waals surface area (Å²) in [4.78, 5) is 30.5. The molecule has 3 aromatic carbocycles. The summed E-state index contributed by atoms with van der Waals surface area (Å²) in [6, 6.07) is 18.1. The molecule has 11 heteroatoms. The monoisotopic (exact) mass is 729 g/mol. The van der Waals surface area contributed by atoms with Gasteiger partial charge in [0.2, 0.25) is 5.82 Å². The van der Waals surface area contributed by atoms with Gasteiger partial charge in [-0.2, -0.15) is 9.78 Å². The van der Waals surface area contributed by atoms with Gasteiger partial charge in [-0.15, -0.1) is 0 Å². The number of para-hydroxylation sites is 1. The molecule has 0 amide bonds. The van der Waals surface area contributed by atoms with Crippen LogP contribution in [-0.4, -0.2) is 41.2 Å². The molecule has 2 heterocycles. The molecule has 2 aromatic heterocycles. The lowest BCUT2D eigenvalue weighted by atomic mass is 10.2. The zero-order valence-electron chi connectivity index (χ0n) is 22.4. The van der Waals surface area contributed by atoms with E-state index in [2.05, 4.69) is 43.6 Å². The molecule has 0 N–H and O–H groups in total. The Labute approximate surface area is 257 Å². The molecule has 0 aliphatic carbocycles. The molecule has 0 saturated heterocycles. The average molecular weight is 730 g/mol. The Balaban J connectivity index is 1.59. The van der Waals surface area contributed by atoms with E-state index in [4.69, 9.17) is 23.6 Å². The Bertz CT molecular complexity index is 1850. The Kier molecular flexibility index (Phi) is 8.74. The summed E-state index contributed by atoms with van der Waals surface area (Å²) >= 11 is 5.59. The fraction of sp³-hybridized carbons (Fsp3) is 0.200. The summed E-state index contributed by atoms with van der Waals surface area (Å²) in [6.07, 6.45) is 0.723. The van der Waals surface area contributed by atoms with Crippen LogP contribution in [0.25, 0.3) is 33.5 Å². The van der Waals surface area contributed by atoms with Crippen LogP contribution in [-0.2, 0) is 9.53 Å². The van der Waals surface area contributed by atoms with Gasteiger partial charge in [0.05, 0.1) is 33.9 Å². The summed E-state index contributed by atoms with van der Waals surface area (Å²) in [6.45, 7) is 5.85. The van der Waals surface area contributed by atoms with Crippen LogP contribution in [0.15, 0.2) is 79.4 Å². The van der Waals surface area contributed by atoms with Crippen LogP contribution in [0.5, 0.6) is 11.5 Å². The van der Waals surface area contributed by atoms with Crippen LogP contribution in [0.4, 0.5) is 0 Å². The maximum absolute atomic E-state index is 13.6. The third kappa shape index (κ3) is 6.15. The Morgan fingerprint density at radius 3 is 2.73 bits per heavy atom. The zero-order valence-corrected chi connectivity index (χ0v) is 26.1. The Morgan fingerprint density at radius 2 is 1.95 bits per heavy atom. The molecule has 1 atom stereocenters. The van der Waals surface area contributed by atoms with Gasteiger partial charge in [-0.3, -0.25) is 4.79 Å². The molecule has 41 heavy (non-hydrogen) atoms. The molecule has 0 bridgehead atoms. The predicted molar refractivity (Wildman–Crippen MR) is 169 cm³/mol. The molecular weight excluding hydrogens is 705 g/mol. The molecular formula is C30H25BrIN3O6. The highest BCUT2D eigenvalue weighted by atomic mass is 127. The van der Waals surface area contributed by atoms with Gasteiger partial charge in [-0.1, -0.05) is 28.1 Å². The van der Waals surface area contributed by atoms with E-state index in [9.17, 15) is 9.59 Å². The lowest BCUT2D eigenvalue weighted by Gasteiger charge is -2.18. The van der Waals surface area contributed by atoms with Crippen molar-refractivity contribution < 1.29 is 23.4 Å². The second kappa shape index (κ2) is 12.4. The Morgan fingerprint density at radius 1 is 1.15 bits per heavy atom. The molecule has 210 valence electrons. The van der Waals surface area contributed by atoms with Crippen molar-refractivity contribution in [3.63, 3.8) is 0 Å². The summed E-state index contributed by atoms with van der Waals surface area (Å²) in [7, 11) is 0. The minimum absolute atomic E-state index is 0.258. The van der Waals surface area contributed by atoms with Crippen molar-refractivity contribution in [3.8, 4) is 23.1 Å². The fourth-order valence-electron chi connectivity index (χ4n) is 4.16. The second-order valence-electron chi connectivity index (χ2n) is 8.88. The number of aromatic nitrogens is 2. The van der Waals surface area contributed by atoms with Crippen LogP contribution >= 0.6 is 38.5 Å². The molecule has 0 spiro atoms. The van der Waals surface area contributed by atoms with Crippen molar-refractivity contribution in [1.29, 1.82) is 0 Å². The van der Waals surface area contributed by atoms with Crippen molar-refractivity contribution in [2.45, 2.75) is 26.9 Å². The van der Waals surface area contributed by atoms with Gasteiger partial charge in [-0.05, 0) is 97.5 Å². The first kappa shape index (κ1) is 28.8. The first-order chi connectivity index (χ1) is 19.8. The number of hydrogen-bond donors (Lipinski definition) is 0. The summed E-state index contributed by atoms with van der Waals surface area (Å²) in [5.41, 5.74) is 1.50. The highest BCUT2D eigenvalue weighted by Gasteiger charge is 2.21. The number of benzene rings is 3. The molecule has 0 aliphatic rings. The van der Waals surface area contributed by atoms with E-state index in [1.807, 2.05) is 43.3 Å². The van der Waals surface area contributed by atoms with Gasteiger partial charge in [-0.25, -0.2) is 9.78 Å². The number of halogens is 2. The van der Waals surface area contributed by atoms with Gasteiger partial charge >= 0.3 is 5.97 Å². The van der Waals surface area contributed by atoms with Crippen LogP contribution in [0, 0.1) is 3.57 Å². The van der Waals surface area contributed by atoms with Crippen molar-refractivity contribution in [1.82, 2.24) is 9.66 Å². The lowest BCUT2D eigenvalue weighted by Crippen LogP contribution is -2.26. The zero-order chi connectivity index (χ0) is 29.1. The number of fused-ring (bicyclic) bond motifs is 2. The molecule has 5 rings (SSSR count). The molecule has 0 saturated carbocycles. The van der Waals surface area contributed by atoms with E-state index in [0.717, 1.165) is 9.86 Å². The van der Waals surface area contributed by atoms with E-state index in [1.54, 1.807) is 44.3 Å². The van der Waals surface area contributed by atoms with E-state index in [-0.39, 0.29) is 18.0 Å². The van der Waals surface area contributed by atoms with Crippen molar-refractivity contribution >= 4 is 72.6 Å². The molecule has 9 nitrogen and oxygen atoms in total. The SMILES string of the molecule is CCOC(=O)[C@@H](C)Oc1c(I)cc(C=Nn2c(-c3cc4cc(Br)ccc4o3)nc3ccccc3c2=O)cc1OCC. The molecule has 0 fully saturated rings. The highest BCUT2D eigenvalue weighted by molar-refractivity contribution is 14.1. The van der Waals surface area contributed by atoms with Crippen molar-refractivity contribution in [3.05, 3.63) is 84.6 Å². The topological polar surface area (TPSA) is 105 Å². The van der Waals surface area contributed by atoms with E-state index >= 15 is 0 Å². The van der Waals surface area contributed by atoms with Crippen LogP contribution in [0.2, 0.25) is 0 Å². The van der Waals surface area contributed by atoms with Crippen molar-refractivity contribution in [2.75, 3.05) is 13.2 Å². The molecule has 0 radical (unpaired) electrons. The highest BCUT2D eigenvalue weighted by Crippen LogP contribution is 2.35. The third-order valence-corrected chi connectivity index (χ3v) is 7.31. The molecule has 0 unspecified atom stereocenters. The smallest absolute Gasteiger partial charge is 0.347 e. The number of hydrogen-bond acceptors (Lipinski definition) is 8. The number of esters is 1. The van der Waals surface area contributed by atoms with E-state index in [1.165, 1.54) is 4.68 Å². The number of rotatable bonds is 9. The minimum Gasteiger partial charge on any atom is -0.490 e. The fourth-order valence-corrected chi connectivity index (χ4v) is 5.29. The number of nitrogens with zero attached hydrogens (tertiary/aromatic N) is 3. The third-order valence-electron chi connectivity index (χ3n) is 6.02.